The molecule has 1 atom stereocenters. The summed E-state index contributed by atoms with van der Waals surface area (Å²) >= 11 is 0. The number of carbonyl (C=O) groups is 1. The maximum Gasteiger partial charge on any atom is 0.407 e. The van der Waals surface area contributed by atoms with Crippen LogP contribution in [0, 0.1) is 0 Å². The van der Waals surface area contributed by atoms with Gasteiger partial charge in [0.15, 0.2) is 0 Å². The molecule has 0 saturated carbocycles. The molecule has 1 amide bonds. The Labute approximate surface area is 148 Å². The fourth-order valence-electron chi connectivity index (χ4n) is 3.04. The lowest BCUT2D eigenvalue weighted by atomic mass is 9.90. The van der Waals surface area contributed by atoms with Crippen LogP contribution in [-0.4, -0.2) is 29.8 Å². The second-order valence-corrected chi connectivity index (χ2v) is 7.10. The number of hydrogen-bond donors (Lipinski definition) is 1. The van der Waals surface area contributed by atoms with E-state index in [1.54, 1.807) is 12.4 Å². The van der Waals surface area contributed by atoms with Crippen LogP contribution < -0.4 is 5.32 Å². The first kappa shape index (κ1) is 17.4. The second kappa shape index (κ2) is 7.23. The van der Waals surface area contributed by atoms with E-state index < -0.39 is 11.7 Å². The van der Waals surface area contributed by atoms with Gasteiger partial charge in [-0.1, -0.05) is 18.2 Å². The number of hydrogen-bond acceptors (Lipinski definition) is 4. The minimum Gasteiger partial charge on any atom is -0.444 e. The predicted octanol–water partition coefficient (Wildman–Crippen LogP) is 3.89. The molecule has 2 aromatic rings. The van der Waals surface area contributed by atoms with E-state index in [2.05, 4.69) is 22.4 Å². The molecule has 0 spiro atoms. The van der Waals surface area contributed by atoms with Crippen LogP contribution in [0.4, 0.5) is 4.79 Å². The number of nitrogens with zero attached hydrogens (tertiary/aromatic N) is 1. The van der Waals surface area contributed by atoms with Crippen LogP contribution in [-0.2, 0) is 15.9 Å². The molecule has 1 aromatic heterocycles. The molecule has 0 bridgehead atoms. The van der Waals surface area contributed by atoms with Crippen molar-refractivity contribution in [2.24, 2.45) is 0 Å². The van der Waals surface area contributed by atoms with Gasteiger partial charge in [-0.15, -0.1) is 0 Å². The highest BCUT2D eigenvalue weighted by molar-refractivity contribution is 5.69. The van der Waals surface area contributed by atoms with Crippen molar-refractivity contribution in [1.82, 2.24) is 10.3 Å². The molecule has 1 aromatic carbocycles. The van der Waals surface area contributed by atoms with Crippen molar-refractivity contribution < 1.29 is 14.3 Å². The Bertz CT molecular complexity index is 738. The Balaban J connectivity index is 1.78. The van der Waals surface area contributed by atoms with Gasteiger partial charge in [-0.05, 0) is 61.6 Å². The molecule has 25 heavy (non-hydrogen) atoms. The van der Waals surface area contributed by atoms with Crippen LogP contribution in [0.3, 0.4) is 0 Å². The van der Waals surface area contributed by atoms with E-state index in [9.17, 15) is 4.79 Å². The molecule has 0 unspecified atom stereocenters. The van der Waals surface area contributed by atoms with Gasteiger partial charge >= 0.3 is 6.09 Å². The third-order valence-corrected chi connectivity index (χ3v) is 4.05. The van der Waals surface area contributed by atoms with Crippen LogP contribution in [0.2, 0.25) is 0 Å². The van der Waals surface area contributed by atoms with Crippen molar-refractivity contribution >= 4 is 6.09 Å². The largest absolute Gasteiger partial charge is 0.444 e. The second-order valence-electron chi connectivity index (χ2n) is 7.10. The van der Waals surface area contributed by atoms with Gasteiger partial charge < -0.3 is 14.8 Å². The van der Waals surface area contributed by atoms with Crippen LogP contribution in [0.1, 0.15) is 38.0 Å². The number of ether oxygens (including phenoxy) is 2. The lowest BCUT2D eigenvalue weighted by Gasteiger charge is -2.28. The Morgan fingerprint density at radius 2 is 2.04 bits per heavy atom. The van der Waals surface area contributed by atoms with Crippen molar-refractivity contribution in [1.29, 1.82) is 0 Å². The van der Waals surface area contributed by atoms with E-state index in [1.165, 1.54) is 11.1 Å². The molecule has 0 saturated heterocycles. The zero-order valence-electron chi connectivity index (χ0n) is 14.9. The van der Waals surface area contributed by atoms with Crippen molar-refractivity contribution in [2.45, 2.75) is 38.9 Å². The third-order valence-electron chi connectivity index (χ3n) is 4.05. The Hall–Kier alpha value is -2.40. The number of carbonyl (C=O) groups excluding carboxylic acids is 1. The summed E-state index contributed by atoms with van der Waals surface area (Å²) in [5.74, 6) is 0. The van der Waals surface area contributed by atoms with Crippen LogP contribution >= 0.6 is 0 Å². The quantitative estimate of drug-likeness (QED) is 0.921. The number of nitrogens with one attached hydrogen (secondary N) is 1. The van der Waals surface area contributed by atoms with Gasteiger partial charge in [0.1, 0.15) is 11.7 Å². The van der Waals surface area contributed by atoms with E-state index in [-0.39, 0.29) is 6.10 Å². The van der Waals surface area contributed by atoms with E-state index in [0.29, 0.717) is 13.2 Å². The summed E-state index contributed by atoms with van der Waals surface area (Å²) in [5.41, 5.74) is 4.23. The molecule has 1 N–H and O–H groups in total. The van der Waals surface area contributed by atoms with Crippen molar-refractivity contribution in [2.75, 3.05) is 13.2 Å². The van der Waals surface area contributed by atoms with Crippen LogP contribution in [0.25, 0.3) is 11.1 Å². The third kappa shape index (κ3) is 4.37. The molecule has 5 heteroatoms. The molecule has 3 rings (SSSR count). The van der Waals surface area contributed by atoms with Gasteiger partial charge in [-0.3, -0.25) is 4.98 Å². The lowest BCUT2D eigenvalue weighted by molar-refractivity contribution is 0.0290. The fraction of sp³-hybridized carbons (Fsp3) is 0.400. The Morgan fingerprint density at radius 1 is 1.28 bits per heavy atom. The summed E-state index contributed by atoms with van der Waals surface area (Å²) in [6.45, 7) is 6.57. The van der Waals surface area contributed by atoms with E-state index in [0.717, 1.165) is 17.5 Å². The van der Waals surface area contributed by atoms with Gasteiger partial charge in [0.25, 0.3) is 0 Å². The fourth-order valence-corrected chi connectivity index (χ4v) is 3.04. The van der Waals surface area contributed by atoms with Crippen LogP contribution in [0.15, 0.2) is 42.7 Å². The summed E-state index contributed by atoms with van der Waals surface area (Å²) in [5, 5.41) is 2.81. The maximum absolute atomic E-state index is 11.9. The summed E-state index contributed by atoms with van der Waals surface area (Å²) in [6, 6.07) is 10.3. The number of fused-ring (bicyclic) bond motifs is 1. The van der Waals surface area contributed by atoms with Gasteiger partial charge in [-0.2, -0.15) is 0 Å². The van der Waals surface area contributed by atoms with Crippen molar-refractivity contribution in [3.63, 3.8) is 0 Å². The molecule has 1 aliphatic rings. The van der Waals surface area contributed by atoms with Gasteiger partial charge in [0, 0.05) is 12.4 Å². The monoisotopic (exact) mass is 340 g/mol. The Morgan fingerprint density at radius 3 is 2.76 bits per heavy atom. The molecule has 5 nitrogen and oxygen atoms in total. The number of aromatic nitrogens is 1. The normalized spacial score (nSPS) is 16.8. The molecule has 1 aliphatic heterocycles. The number of alkyl carbamates (subject to hydrolysis) is 1. The highest BCUT2D eigenvalue weighted by Crippen LogP contribution is 2.34. The number of benzene rings is 1. The summed E-state index contributed by atoms with van der Waals surface area (Å²) in [7, 11) is 0. The first-order chi connectivity index (χ1) is 11.9. The number of amides is 1. The zero-order valence-corrected chi connectivity index (χ0v) is 14.9. The molecular weight excluding hydrogens is 316 g/mol. The standard InChI is InChI=1S/C20H24N2O3/c1-20(2,3)25-19(23)22-13-18-17-6-4-5-15(16(17)9-12-24-18)14-7-10-21-11-8-14/h4-8,10-11,18H,9,12-13H2,1-3H3,(H,22,23)/t18-/m0/s1. The minimum absolute atomic E-state index is 0.168. The van der Waals surface area contributed by atoms with Crippen molar-refractivity contribution in [3.05, 3.63) is 53.9 Å². The first-order valence-corrected chi connectivity index (χ1v) is 8.55. The Kier molecular flexibility index (Phi) is 5.04. The van der Waals surface area contributed by atoms with Gasteiger partial charge in [0.05, 0.1) is 13.2 Å². The average molecular weight is 340 g/mol. The highest BCUT2D eigenvalue weighted by atomic mass is 16.6. The van der Waals surface area contributed by atoms with E-state index in [1.807, 2.05) is 39.0 Å². The maximum atomic E-state index is 11.9. The SMILES string of the molecule is CC(C)(C)OC(=O)NC[C@@H]1OCCc2c(-c3ccncc3)cccc21. The lowest BCUT2D eigenvalue weighted by Crippen LogP contribution is -2.36. The highest BCUT2D eigenvalue weighted by Gasteiger charge is 2.24. The molecule has 2 heterocycles. The number of pyridine rings is 1. The predicted molar refractivity (Wildman–Crippen MR) is 96.3 cm³/mol. The topological polar surface area (TPSA) is 60.5 Å². The summed E-state index contributed by atoms with van der Waals surface area (Å²) in [6.07, 6.45) is 3.87. The average Bonchev–Trinajstić information content (AvgIpc) is 2.58. The summed E-state index contributed by atoms with van der Waals surface area (Å²) in [4.78, 5) is 16.0. The van der Waals surface area contributed by atoms with Gasteiger partial charge in [-0.25, -0.2) is 4.79 Å². The molecule has 0 fully saturated rings. The van der Waals surface area contributed by atoms with Crippen molar-refractivity contribution in [3.8, 4) is 11.1 Å². The first-order valence-electron chi connectivity index (χ1n) is 8.55. The minimum atomic E-state index is -0.510. The van der Waals surface area contributed by atoms with Crippen LogP contribution in [0.5, 0.6) is 0 Å². The number of rotatable bonds is 3. The molecule has 0 aliphatic carbocycles. The molecular formula is C20H24N2O3. The van der Waals surface area contributed by atoms with Gasteiger partial charge in [0.2, 0.25) is 0 Å². The molecule has 0 radical (unpaired) electrons. The van der Waals surface area contributed by atoms with E-state index >= 15 is 0 Å². The summed E-state index contributed by atoms with van der Waals surface area (Å²) < 4.78 is 11.2. The van der Waals surface area contributed by atoms with E-state index in [4.69, 9.17) is 9.47 Å². The smallest absolute Gasteiger partial charge is 0.407 e. The molecule has 132 valence electrons. The zero-order chi connectivity index (χ0) is 17.9.